The zero-order chi connectivity index (χ0) is 25.7. The lowest BCUT2D eigenvalue weighted by molar-refractivity contribution is -0.154. The largest absolute Gasteiger partial charge is 0.504 e. The molecule has 0 amide bonds. The van der Waals surface area contributed by atoms with E-state index in [9.17, 15) is 19.8 Å². The Kier molecular flexibility index (Phi) is 4.50. The van der Waals surface area contributed by atoms with Crippen LogP contribution in [0.25, 0.3) is 0 Å². The zero-order valence-electron chi connectivity index (χ0n) is 20.6. The number of fused-ring (bicyclic) bond motifs is 4. The van der Waals surface area contributed by atoms with Crippen LogP contribution in [0.15, 0.2) is 48.2 Å². The molecule has 6 atom stereocenters. The Morgan fingerprint density at radius 1 is 1.19 bits per heavy atom. The maximum atomic E-state index is 13.6. The van der Waals surface area contributed by atoms with Gasteiger partial charge in [-0.1, -0.05) is 24.3 Å². The van der Waals surface area contributed by atoms with E-state index < -0.39 is 28.8 Å². The van der Waals surface area contributed by atoms with E-state index in [1.165, 1.54) is 19.4 Å². The van der Waals surface area contributed by atoms with Crippen molar-refractivity contribution in [3.63, 3.8) is 0 Å². The molecule has 0 radical (unpaired) electrons. The lowest BCUT2D eigenvalue weighted by Crippen LogP contribution is -2.75. The zero-order valence-corrected chi connectivity index (χ0v) is 20.6. The summed E-state index contributed by atoms with van der Waals surface area (Å²) in [5, 5.41) is 24.6. The van der Waals surface area contributed by atoms with E-state index in [4.69, 9.17) is 14.2 Å². The van der Waals surface area contributed by atoms with Crippen molar-refractivity contribution in [2.24, 2.45) is 11.8 Å². The summed E-state index contributed by atoms with van der Waals surface area (Å²) in [5.74, 6) is -1.98. The van der Waals surface area contributed by atoms with Crippen molar-refractivity contribution in [2.45, 2.75) is 43.1 Å². The smallest absolute Gasteiger partial charge is 0.344 e. The van der Waals surface area contributed by atoms with Crippen molar-refractivity contribution >= 4 is 17.6 Å². The number of para-hydroxylation sites is 1. The quantitative estimate of drug-likeness (QED) is 0.398. The second-order valence-corrected chi connectivity index (χ2v) is 10.7. The number of methoxy groups -OCH3 is 1. The van der Waals surface area contributed by atoms with E-state index in [0.717, 1.165) is 11.3 Å². The number of phenolic OH excluding ortho intramolecular Hbond substituents is 2. The summed E-state index contributed by atoms with van der Waals surface area (Å²) >= 11 is 0. The maximum absolute atomic E-state index is 13.6. The van der Waals surface area contributed by atoms with E-state index in [-0.39, 0.29) is 35.3 Å². The van der Waals surface area contributed by atoms with Gasteiger partial charge >= 0.3 is 11.9 Å². The highest BCUT2D eigenvalue weighted by atomic mass is 16.6. The SMILES string of the molecule is COC(=O)C1=CO[C@@H](C)[C@H]2CN3CCC45c6ccccc6NC4(OC(=O)c4c5ccc(O)c4O)[C@@H]3C[C@H]12. The number of ether oxygens (including phenoxy) is 3. The van der Waals surface area contributed by atoms with Gasteiger partial charge < -0.3 is 29.7 Å². The standard InChI is InChI=1S/C28H28N2O7/c1-14-16-12-30-10-9-27-18-5-3-4-6-20(18)29-28(27,22(30)11-15(16)17(13-36-14)25(33)35-2)37-26(34)23-19(27)7-8-21(31)24(23)32/h3-8,13-16,22,29,31-32H,9-12H2,1-2H3/t14-,15-,16+,22-,27?,28?/m0/s1. The van der Waals surface area contributed by atoms with Crippen LogP contribution in [0.3, 0.4) is 0 Å². The van der Waals surface area contributed by atoms with Crippen molar-refractivity contribution in [1.82, 2.24) is 4.90 Å². The summed E-state index contributed by atoms with van der Waals surface area (Å²) in [7, 11) is 1.37. The van der Waals surface area contributed by atoms with E-state index in [1.54, 1.807) is 6.07 Å². The predicted octanol–water partition coefficient (Wildman–Crippen LogP) is 2.86. The molecule has 2 aromatic carbocycles. The first-order chi connectivity index (χ1) is 17.8. The number of carbonyl (C=O) groups is 2. The Balaban J connectivity index is 1.43. The number of hydrogen-bond acceptors (Lipinski definition) is 9. The minimum Gasteiger partial charge on any atom is -0.504 e. The summed E-state index contributed by atoms with van der Waals surface area (Å²) < 4.78 is 17.3. The number of aromatic hydroxyl groups is 2. The van der Waals surface area contributed by atoms with Gasteiger partial charge in [-0.05, 0) is 43.0 Å². The van der Waals surface area contributed by atoms with Crippen LogP contribution >= 0.6 is 0 Å². The second kappa shape index (κ2) is 7.41. The molecule has 5 heterocycles. The monoisotopic (exact) mass is 504 g/mol. The Morgan fingerprint density at radius 3 is 2.81 bits per heavy atom. The van der Waals surface area contributed by atoms with Gasteiger partial charge in [0, 0.05) is 30.6 Å². The van der Waals surface area contributed by atoms with Crippen LogP contribution < -0.4 is 5.32 Å². The molecule has 37 heavy (non-hydrogen) atoms. The molecule has 9 heteroatoms. The number of benzene rings is 2. The number of rotatable bonds is 1. The van der Waals surface area contributed by atoms with E-state index in [0.29, 0.717) is 37.1 Å². The molecule has 2 aromatic rings. The average molecular weight is 505 g/mol. The molecule has 2 saturated heterocycles. The van der Waals surface area contributed by atoms with Crippen molar-refractivity contribution < 1.29 is 34.0 Å². The number of nitrogens with zero attached hydrogens (tertiary/aromatic N) is 1. The average Bonchev–Trinajstić information content (AvgIpc) is 3.21. The summed E-state index contributed by atoms with van der Waals surface area (Å²) in [6.07, 6.45) is 2.63. The van der Waals surface area contributed by atoms with Crippen LogP contribution in [-0.2, 0) is 24.4 Å². The summed E-state index contributed by atoms with van der Waals surface area (Å²) in [6.45, 7) is 3.41. The molecule has 0 aromatic heterocycles. The van der Waals surface area contributed by atoms with Crippen LogP contribution in [0.4, 0.5) is 5.69 Å². The molecule has 5 aliphatic rings. The molecule has 5 aliphatic heterocycles. The van der Waals surface area contributed by atoms with Crippen molar-refractivity contribution in [3.05, 3.63) is 64.9 Å². The first-order valence-corrected chi connectivity index (χ1v) is 12.7. The third-order valence-electron chi connectivity index (χ3n) is 9.37. The third kappa shape index (κ3) is 2.62. The topological polar surface area (TPSA) is 118 Å². The van der Waals surface area contributed by atoms with Crippen LogP contribution in [0.2, 0.25) is 0 Å². The van der Waals surface area contributed by atoms with Gasteiger partial charge in [0.2, 0.25) is 5.72 Å². The van der Waals surface area contributed by atoms with Gasteiger partial charge in [0.25, 0.3) is 0 Å². The molecular formula is C28H28N2O7. The molecule has 7 rings (SSSR count). The van der Waals surface area contributed by atoms with Gasteiger partial charge in [-0.25, -0.2) is 9.59 Å². The van der Waals surface area contributed by atoms with Crippen LogP contribution in [0, 0.1) is 11.8 Å². The molecule has 0 aliphatic carbocycles. The number of phenols is 2. The lowest BCUT2D eigenvalue weighted by Gasteiger charge is -2.62. The molecule has 0 bridgehead atoms. The van der Waals surface area contributed by atoms with Crippen LogP contribution in [0.1, 0.15) is 41.3 Å². The number of esters is 2. The Bertz CT molecular complexity index is 1390. The predicted molar refractivity (Wildman–Crippen MR) is 131 cm³/mol. The highest BCUT2D eigenvalue weighted by Gasteiger charge is 2.72. The van der Waals surface area contributed by atoms with Crippen LogP contribution in [0.5, 0.6) is 11.5 Å². The normalized spacial score (nSPS) is 35.1. The second-order valence-electron chi connectivity index (χ2n) is 10.7. The first-order valence-electron chi connectivity index (χ1n) is 12.7. The fraction of sp³-hybridized carbons (Fsp3) is 0.429. The highest BCUT2D eigenvalue weighted by molar-refractivity contribution is 5.99. The molecule has 0 saturated carbocycles. The van der Waals surface area contributed by atoms with Gasteiger partial charge in [-0.3, -0.25) is 4.90 Å². The molecule has 9 nitrogen and oxygen atoms in total. The summed E-state index contributed by atoms with van der Waals surface area (Å²) in [5.41, 5.74) is 1.03. The third-order valence-corrected chi connectivity index (χ3v) is 9.37. The fourth-order valence-electron chi connectivity index (χ4n) is 7.75. The van der Waals surface area contributed by atoms with Gasteiger partial charge in [0.1, 0.15) is 5.56 Å². The lowest BCUT2D eigenvalue weighted by atomic mass is 9.57. The van der Waals surface area contributed by atoms with E-state index >= 15 is 0 Å². The summed E-state index contributed by atoms with van der Waals surface area (Å²) in [4.78, 5) is 28.6. The Morgan fingerprint density at radius 2 is 2.00 bits per heavy atom. The minimum absolute atomic E-state index is 0.00565. The highest BCUT2D eigenvalue weighted by Crippen LogP contribution is 2.64. The first kappa shape index (κ1) is 22.5. The van der Waals surface area contributed by atoms with Gasteiger partial charge in [0.05, 0.1) is 36.5 Å². The number of carbonyl (C=O) groups excluding carboxylic acids is 2. The number of piperidine rings is 2. The Labute approximate surface area is 213 Å². The molecule has 3 N–H and O–H groups in total. The van der Waals surface area contributed by atoms with Gasteiger partial charge in [-0.15, -0.1) is 0 Å². The van der Waals surface area contributed by atoms with Gasteiger partial charge in [-0.2, -0.15) is 0 Å². The summed E-state index contributed by atoms with van der Waals surface area (Å²) in [6, 6.07) is 10.8. The minimum atomic E-state index is -1.17. The van der Waals surface area contributed by atoms with Crippen molar-refractivity contribution in [3.8, 4) is 11.5 Å². The Hall–Kier alpha value is -3.72. The number of nitrogens with one attached hydrogen (secondary N) is 1. The van der Waals surface area contributed by atoms with Crippen LogP contribution in [-0.4, -0.2) is 65.1 Å². The van der Waals surface area contributed by atoms with Crippen molar-refractivity contribution in [2.75, 3.05) is 25.5 Å². The molecule has 192 valence electrons. The molecule has 2 fully saturated rings. The molecule has 2 unspecified atom stereocenters. The number of anilines is 1. The number of hydrogen-bond donors (Lipinski definition) is 3. The van der Waals surface area contributed by atoms with Gasteiger partial charge in [0.15, 0.2) is 11.5 Å². The fourth-order valence-corrected chi connectivity index (χ4v) is 7.75. The maximum Gasteiger partial charge on any atom is 0.344 e. The van der Waals surface area contributed by atoms with E-state index in [2.05, 4.69) is 10.2 Å². The molecular weight excluding hydrogens is 476 g/mol. The van der Waals surface area contributed by atoms with Crippen molar-refractivity contribution in [1.29, 1.82) is 0 Å². The molecule has 0 spiro atoms. The van der Waals surface area contributed by atoms with E-state index in [1.807, 2.05) is 31.2 Å².